The normalized spacial score (nSPS) is 11.5. The molecular weight excluding hydrogens is 288 g/mol. The van der Waals surface area contributed by atoms with Crippen LogP contribution in [-0.4, -0.2) is 18.8 Å². The number of nitrogens with zero attached hydrogens (tertiary/aromatic N) is 2. The van der Waals surface area contributed by atoms with Crippen LogP contribution in [0.25, 0.3) is 11.6 Å². The van der Waals surface area contributed by atoms with Gasteiger partial charge in [-0.3, -0.25) is 0 Å². The van der Waals surface area contributed by atoms with E-state index in [-0.39, 0.29) is 0 Å². The number of hydrogen-bond donors (Lipinski definition) is 1. The highest BCUT2D eigenvalue weighted by molar-refractivity contribution is 7.80. The molecule has 0 bridgehead atoms. The van der Waals surface area contributed by atoms with Crippen molar-refractivity contribution in [3.63, 3.8) is 0 Å². The summed E-state index contributed by atoms with van der Waals surface area (Å²) in [5.74, 6) is 0.875. The molecule has 0 aliphatic heterocycles. The zero-order chi connectivity index (χ0) is 15.9. The first-order chi connectivity index (χ1) is 10.6. The zero-order valence-electron chi connectivity index (χ0n) is 13.7. The van der Waals surface area contributed by atoms with Crippen LogP contribution in [0.1, 0.15) is 25.0 Å². The highest BCUT2D eigenvalue weighted by atomic mass is 32.1. The number of thiol groups is 1. The molecule has 1 aromatic carbocycles. The summed E-state index contributed by atoms with van der Waals surface area (Å²) in [5.41, 5.74) is 5.03. The summed E-state index contributed by atoms with van der Waals surface area (Å²) in [5, 5.41) is 0. The Kier molecular flexibility index (Phi) is 6.08. The Labute approximate surface area is 139 Å². The lowest BCUT2D eigenvalue weighted by Crippen LogP contribution is -2.25. The maximum Gasteiger partial charge on any atom is 0.169 e. The molecular formula is C19H25N2S+. The molecule has 2 aromatic rings. The van der Waals surface area contributed by atoms with Crippen LogP contribution in [0.15, 0.2) is 48.8 Å². The average Bonchev–Trinajstić information content (AvgIpc) is 2.54. The Hall–Kier alpha value is -1.74. The average molecular weight is 313 g/mol. The molecule has 0 saturated heterocycles. The first kappa shape index (κ1) is 16.6. The molecule has 0 amide bonds. The van der Waals surface area contributed by atoms with Crippen LogP contribution in [0.2, 0.25) is 0 Å². The smallest absolute Gasteiger partial charge is 0.169 e. The van der Waals surface area contributed by atoms with Crippen molar-refractivity contribution >= 4 is 30.0 Å². The Morgan fingerprint density at radius 1 is 1.14 bits per heavy atom. The second-order valence-corrected chi connectivity index (χ2v) is 5.92. The second-order valence-electron chi connectivity index (χ2n) is 5.47. The minimum absolute atomic E-state index is 0.875. The number of allylic oxidation sites excluding steroid dienone is 1. The lowest BCUT2D eigenvalue weighted by Gasteiger charge is -2.22. The maximum atomic E-state index is 4.32. The molecule has 0 N–H and O–H groups in total. The fourth-order valence-electron chi connectivity index (χ4n) is 2.47. The summed E-state index contributed by atoms with van der Waals surface area (Å²) < 4.78 is 2.05. The largest absolute Gasteiger partial charge is 0.371 e. The predicted molar refractivity (Wildman–Crippen MR) is 99.3 cm³/mol. The van der Waals surface area contributed by atoms with E-state index in [0.29, 0.717) is 0 Å². The topological polar surface area (TPSA) is 7.12 Å². The van der Waals surface area contributed by atoms with Gasteiger partial charge in [0.1, 0.15) is 7.05 Å². The molecule has 22 heavy (non-hydrogen) atoms. The van der Waals surface area contributed by atoms with Crippen molar-refractivity contribution in [2.75, 3.05) is 23.7 Å². The van der Waals surface area contributed by atoms with Gasteiger partial charge in [-0.25, -0.2) is 4.57 Å². The first-order valence-corrected chi connectivity index (χ1v) is 8.37. The van der Waals surface area contributed by atoms with Gasteiger partial charge in [-0.2, -0.15) is 12.6 Å². The van der Waals surface area contributed by atoms with Crippen LogP contribution in [0.5, 0.6) is 0 Å². The summed E-state index contributed by atoms with van der Waals surface area (Å²) in [6.07, 6.45) is 6.38. The van der Waals surface area contributed by atoms with Crippen LogP contribution < -0.4 is 9.47 Å². The Bertz CT molecular complexity index is 615. The van der Waals surface area contributed by atoms with E-state index in [1.807, 2.05) is 11.6 Å². The van der Waals surface area contributed by atoms with Crippen molar-refractivity contribution in [3.05, 3.63) is 59.9 Å². The van der Waals surface area contributed by atoms with Gasteiger partial charge in [-0.1, -0.05) is 18.2 Å². The number of aromatic nitrogens is 1. The number of rotatable bonds is 6. The van der Waals surface area contributed by atoms with E-state index in [1.165, 1.54) is 22.4 Å². The van der Waals surface area contributed by atoms with Crippen LogP contribution in [0, 0.1) is 0 Å². The number of pyridine rings is 1. The summed E-state index contributed by atoms with van der Waals surface area (Å²) in [7, 11) is 2.03. The van der Waals surface area contributed by atoms with Gasteiger partial charge in [0.2, 0.25) is 0 Å². The van der Waals surface area contributed by atoms with Crippen molar-refractivity contribution < 1.29 is 4.57 Å². The van der Waals surface area contributed by atoms with Crippen LogP contribution >= 0.6 is 12.6 Å². The van der Waals surface area contributed by atoms with Gasteiger partial charge in [0.05, 0.1) is 0 Å². The highest BCUT2D eigenvalue weighted by Crippen LogP contribution is 2.20. The predicted octanol–water partition coefficient (Wildman–Crippen LogP) is 3.83. The minimum atomic E-state index is 0.875. The fourth-order valence-corrected chi connectivity index (χ4v) is 2.71. The van der Waals surface area contributed by atoms with Gasteiger partial charge < -0.3 is 4.90 Å². The molecule has 116 valence electrons. The van der Waals surface area contributed by atoms with Crippen LogP contribution in [0.3, 0.4) is 0 Å². The molecule has 0 spiro atoms. The van der Waals surface area contributed by atoms with Gasteiger partial charge in [-0.05, 0) is 42.7 Å². The standard InChI is InChI=1S/C19H24N2S/c1-4-21(13-14-22)19-7-5-17(6-8-19)15-16(2)18-9-11-20(3)12-10-18/h5-12,15H,4,13-14H2,1-3H3/p+1. The van der Waals surface area contributed by atoms with Crippen LogP contribution in [-0.2, 0) is 7.05 Å². The quantitative estimate of drug-likeness (QED) is 0.629. The summed E-state index contributed by atoms with van der Waals surface area (Å²) >= 11 is 4.32. The molecule has 2 nitrogen and oxygen atoms in total. The van der Waals surface area contributed by atoms with Crippen molar-refractivity contribution in [1.29, 1.82) is 0 Å². The van der Waals surface area contributed by atoms with Crippen molar-refractivity contribution in [3.8, 4) is 0 Å². The monoisotopic (exact) mass is 313 g/mol. The van der Waals surface area contributed by atoms with Gasteiger partial charge in [0, 0.05) is 36.7 Å². The van der Waals surface area contributed by atoms with E-state index in [9.17, 15) is 0 Å². The van der Waals surface area contributed by atoms with Crippen LogP contribution in [0.4, 0.5) is 5.69 Å². The molecule has 0 unspecified atom stereocenters. The summed E-state index contributed by atoms with van der Waals surface area (Å²) in [6, 6.07) is 13.0. The van der Waals surface area contributed by atoms with E-state index < -0.39 is 0 Å². The van der Waals surface area contributed by atoms with Crippen molar-refractivity contribution in [1.82, 2.24) is 0 Å². The molecule has 0 atom stereocenters. The Morgan fingerprint density at radius 2 is 1.77 bits per heavy atom. The number of aryl methyl sites for hydroxylation is 1. The fraction of sp³-hybridized carbons (Fsp3) is 0.316. The van der Waals surface area contributed by atoms with E-state index in [1.54, 1.807) is 0 Å². The molecule has 3 heteroatoms. The highest BCUT2D eigenvalue weighted by Gasteiger charge is 2.03. The van der Waals surface area contributed by atoms with E-state index in [0.717, 1.165) is 18.8 Å². The number of anilines is 1. The van der Waals surface area contributed by atoms with Gasteiger partial charge in [0.15, 0.2) is 12.4 Å². The molecule has 1 aromatic heterocycles. The van der Waals surface area contributed by atoms with Gasteiger partial charge in [-0.15, -0.1) is 0 Å². The molecule has 0 aliphatic carbocycles. The second kappa shape index (κ2) is 8.04. The van der Waals surface area contributed by atoms with Gasteiger partial charge >= 0.3 is 0 Å². The minimum Gasteiger partial charge on any atom is -0.371 e. The summed E-state index contributed by atoms with van der Waals surface area (Å²) in [6.45, 7) is 6.32. The third kappa shape index (κ3) is 4.38. The lowest BCUT2D eigenvalue weighted by molar-refractivity contribution is -0.671. The molecule has 2 rings (SSSR count). The zero-order valence-corrected chi connectivity index (χ0v) is 14.6. The van der Waals surface area contributed by atoms with E-state index in [2.05, 4.69) is 86.2 Å². The molecule has 0 saturated carbocycles. The van der Waals surface area contributed by atoms with Crippen molar-refractivity contribution in [2.45, 2.75) is 13.8 Å². The number of benzene rings is 1. The van der Waals surface area contributed by atoms with E-state index >= 15 is 0 Å². The summed E-state index contributed by atoms with van der Waals surface area (Å²) in [4.78, 5) is 2.34. The van der Waals surface area contributed by atoms with E-state index in [4.69, 9.17) is 0 Å². The molecule has 0 radical (unpaired) electrons. The van der Waals surface area contributed by atoms with Crippen molar-refractivity contribution in [2.24, 2.45) is 7.05 Å². The third-order valence-corrected chi connectivity index (χ3v) is 4.03. The molecule has 0 fully saturated rings. The molecule has 1 heterocycles. The SMILES string of the molecule is CCN(CCS)c1ccc(/C=C(\C)c2cc[n+](C)cc2)cc1. The maximum absolute atomic E-state index is 4.32. The third-order valence-electron chi connectivity index (χ3n) is 3.83. The number of hydrogen-bond acceptors (Lipinski definition) is 2. The van der Waals surface area contributed by atoms with Gasteiger partial charge in [0.25, 0.3) is 0 Å². The lowest BCUT2D eigenvalue weighted by atomic mass is 10.1. The first-order valence-electron chi connectivity index (χ1n) is 7.74. The Morgan fingerprint density at radius 3 is 2.32 bits per heavy atom. The Balaban J connectivity index is 2.16. The molecule has 0 aliphatic rings.